The third kappa shape index (κ3) is 2.89. The number of nitro benzene ring substituents is 1. The lowest BCUT2D eigenvalue weighted by atomic mass is 10.0. The Hall–Kier alpha value is -2.13. The predicted octanol–water partition coefficient (Wildman–Crippen LogP) is 2.47. The van der Waals surface area contributed by atoms with Gasteiger partial charge in [0.2, 0.25) is 0 Å². The Morgan fingerprint density at radius 2 is 2.25 bits per heavy atom. The normalized spacial score (nSPS) is 21.3. The maximum Gasteiger partial charge on any atom is 0.293 e. The fraction of sp³-hybridized carbons (Fsp3) is 0.500. The molecule has 0 N–H and O–H groups in total. The molecule has 20 heavy (non-hydrogen) atoms. The lowest BCUT2D eigenvalue weighted by molar-refractivity contribution is -0.384. The van der Waals surface area contributed by atoms with Crippen LogP contribution < -0.4 is 4.90 Å². The molecule has 0 radical (unpaired) electrons. The zero-order valence-electron chi connectivity index (χ0n) is 11.8. The Morgan fingerprint density at radius 3 is 2.80 bits per heavy atom. The van der Waals surface area contributed by atoms with Gasteiger partial charge in [-0.25, -0.2) is 0 Å². The van der Waals surface area contributed by atoms with Gasteiger partial charge in [-0.1, -0.05) is 0 Å². The molecule has 1 aromatic rings. The highest BCUT2D eigenvalue weighted by molar-refractivity contribution is 5.66. The molecule has 6 heteroatoms. The molecule has 0 spiro atoms. The van der Waals surface area contributed by atoms with Crippen molar-refractivity contribution in [3.63, 3.8) is 0 Å². The molecule has 6 nitrogen and oxygen atoms in total. The van der Waals surface area contributed by atoms with Gasteiger partial charge in [0.05, 0.1) is 28.3 Å². The van der Waals surface area contributed by atoms with Crippen LogP contribution in [0.3, 0.4) is 0 Å². The van der Waals surface area contributed by atoms with Gasteiger partial charge in [-0.05, 0) is 32.9 Å². The second-order valence-corrected chi connectivity index (χ2v) is 5.64. The summed E-state index contributed by atoms with van der Waals surface area (Å²) in [6.45, 7) is 7.04. The molecule has 0 aromatic heterocycles. The SMILES string of the molecule is CC1CN(c2ccc(C#N)cc2[N+](=O)[O-])CC(C)(C)O1. The Morgan fingerprint density at radius 1 is 1.55 bits per heavy atom. The summed E-state index contributed by atoms with van der Waals surface area (Å²) >= 11 is 0. The predicted molar refractivity (Wildman–Crippen MR) is 74.7 cm³/mol. The van der Waals surface area contributed by atoms with Crippen LogP contribution in [-0.2, 0) is 4.74 Å². The summed E-state index contributed by atoms with van der Waals surface area (Å²) in [6.07, 6.45) is -0.00556. The monoisotopic (exact) mass is 275 g/mol. The van der Waals surface area contributed by atoms with Crippen LogP contribution in [0.2, 0.25) is 0 Å². The number of nitro groups is 1. The molecule has 1 atom stereocenters. The second kappa shape index (κ2) is 5.10. The maximum absolute atomic E-state index is 11.2. The Balaban J connectivity index is 2.42. The molecule has 1 saturated heterocycles. The molecule has 1 aliphatic rings. The summed E-state index contributed by atoms with van der Waals surface area (Å²) in [4.78, 5) is 12.7. The van der Waals surface area contributed by atoms with Gasteiger partial charge in [0.15, 0.2) is 0 Å². The topological polar surface area (TPSA) is 79.4 Å². The summed E-state index contributed by atoms with van der Waals surface area (Å²) in [5.41, 5.74) is 0.437. The van der Waals surface area contributed by atoms with Crippen molar-refractivity contribution in [3.05, 3.63) is 33.9 Å². The van der Waals surface area contributed by atoms with Crippen molar-refractivity contribution in [1.82, 2.24) is 0 Å². The number of nitrogens with zero attached hydrogens (tertiary/aromatic N) is 3. The number of hydrogen-bond donors (Lipinski definition) is 0. The van der Waals surface area contributed by atoms with E-state index in [0.29, 0.717) is 24.3 Å². The van der Waals surface area contributed by atoms with Crippen LogP contribution in [0, 0.1) is 21.4 Å². The molecule has 106 valence electrons. The number of benzene rings is 1. The van der Waals surface area contributed by atoms with Gasteiger partial charge < -0.3 is 9.64 Å². The van der Waals surface area contributed by atoms with Crippen molar-refractivity contribution in [2.24, 2.45) is 0 Å². The summed E-state index contributed by atoms with van der Waals surface area (Å²) in [5, 5.41) is 20.1. The van der Waals surface area contributed by atoms with E-state index in [1.165, 1.54) is 6.07 Å². The Labute approximate surface area is 117 Å². The standard InChI is InChI=1S/C14H17N3O3/c1-10-8-16(9-14(2,3)20-10)12-5-4-11(7-15)6-13(12)17(18)19/h4-6,10H,8-9H2,1-3H3. The molecule has 0 aliphatic carbocycles. The molecular formula is C14H17N3O3. The van der Waals surface area contributed by atoms with E-state index in [-0.39, 0.29) is 17.4 Å². The van der Waals surface area contributed by atoms with Crippen molar-refractivity contribution in [1.29, 1.82) is 5.26 Å². The highest BCUT2D eigenvalue weighted by Crippen LogP contribution is 2.33. The van der Waals surface area contributed by atoms with E-state index < -0.39 is 4.92 Å². The molecule has 1 heterocycles. The number of rotatable bonds is 2. The maximum atomic E-state index is 11.2. The summed E-state index contributed by atoms with van der Waals surface area (Å²) in [6, 6.07) is 6.50. The van der Waals surface area contributed by atoms with Gasteiger partial charge >= 0.3 is 0 Å². The molecule has 0 saturated carbocycles. The minimum Gasteiger partial charge on any atom is -0.369 e. The van der Waals surface area contributed by atoms with Crippen LogP contribution in [0.4, 0.5) is 11.4 Å². The average molecular weight is 275 g/mol. The van der Waals surface area contributed by atoms with E-state index in [1.54, 1.807) is 12.1 Å². The van der Waals surface area contributed by atoms with Gasteiger partial charge in [0, 0.05) is 19.2 Å². The molecule has 1 unspecified atom stereocenters. The van der Waals surface area contributed by atoms with Crippen LogP contribution in [0.5, 0.6) is 0 Å². The first kappa shape index (κ1) is 14.3. The molecule has 2 rings (SSSR count). The summed E-state index contributed by atoms with van der Waals surface area (Å²) in [7, 11) is 0. The van der Waals surface area contributed by atoms with Gasteiger partial charge in [-0.15, -0.1) is 0 Å². The van der Waals surface area contributed by atoms with Crippen molar-refractivity contribution in [2.45, 2.75) is 32.5 Å². The number of anilines is 1. The van der Waals surface area contributed by atoms with Gasteiger partial charge in [-0.3, -0.25) is 10.1 Å². The van der Waals surface area contributed by atoms with Crippen LogP contribution in [0.1, 0.15) is 26.3 Å². The fourth-order valence-corrected chi connectivity index (χ4v) is 2.64. The van der Waals surface area contributed by atoms with E-state index in [1.807, 2.05) is 31.7 Å². The first-order chi connectivity index (χ1) is 9.32. The molecule has 1 aromatic carbocycles. The molecule has 0 bridgehead atoms. The number of nitriles is 1. The highest BCUT2D eigenvalue weighted by Gasteiger charge is 2.34. The fourth-order valence-electron chi connectivity index (χ4n) is 2.64. The van der Waals surface area contributed by atoms with Crippen molar-refractivity contribution < 1.29 is 9.66 Å². The number of morpholine rings is 1. The minimum absolute atomic E-state index is 0.00556. The third-order valence-electron chi connectivity index (χ3n) is 3.21. The Bertz CT molecular complexity index is 578. The Kier molecular flexibility index (Phi) is 3.64. The van der Waals surface area contributed by atoms with E-state index >= 15 is 0 Å². The summed E-state index contributed by atoms with van der Waals surface area (Å²) in [5.74, 6) is 0. The molecular weight excluding hydrogens is 258 g/mol. The van der Waals surface area contributed by atoms with Crippen LogP contribution >= 0.6 is 0 Å². The molecule has 0 amide bonds. The zero-order valence-corrected chi connectivity index (χ0v) is 11.8. The molecule has 1 aliphatic heterocycles. The first-order valence-corrected chi connectivity index (χ1v) is 6.44. The zero-order chi connectivity index (χ0) is 14.9. The average Bonchev–Trinajstić information content (AvgIpc) is 2.35. The van der Waals surface area contributed by atoms with E-state index in [9.17, 15) is 10.1 Å². The van der Waals surface area contributed by atoms with Gasteiger partial charge in [0.25, 0.3) is 5.69 Å². The third-order valence-corrected chi connectivity index (χ3v) is 3.21. The van der Waals surface area contributed by atoms with E-state index in [0.717, 1.165) is 0 Å². The van der Waals surface area contributed by atoms with Crippen LogP contribution in [0.15, 0.2) is 18.2 Å². The van der Waals surface area contributed by atoms with Crippen molar-refractivity contribution in [3.8, 4) is 6.07 Å². The summed E-state index contributed by atoms with van der Waals surface area (Å²) < 4.78 is 5.81. The molecule has 1 fully saturated rings. The lowest BCUT2D eigenvalue weighted by Crippen LogP contribution is -2.52. The number of ether oxygens (including phenoxy) is 1. The smallest absolute Gasteiger partial charge is 0.293 e. The second-order valence-electron chi connectivity index (χ2n) is 5.64. The van der Waals surface area contributed by atoms with Crippen molar-refractivity contribution >= 4 is 11.4 Å². The van der Waals surface area contributed by atoms with E-state index in [4.69, 9.17) is 10.00 Å². The van der Waals surface area contributed by atoms with Crippen LogP contribution in [-0.4, -0.2) is 29.7 Å². The van der Waals surface area contributed by atoms with Crippen LogP contribution in [0.25, 0.3) is 0 Å². The minimum atomic E-state index is -0.441. The highest BCUT2D eigenvalue weighted by atomic mass is 16.6. The quantitative estimate of drug-likeness (QED) is 0.612. The van der Waals surface area contributed by atoms with Crippen molar-refractivity contribution in [2.75, 3.05) is 18.0 Å². The first-order valence-electron chi connectivity index (χ1n) is 6.44. The van der Waals surface area contributed by atoms with E-state index in [2.05, 4.69) is 0 Å². The largest absolute Gasteiger partial charge is 0.369 e. The lowest BCUT2D eigenvalue weighted by Gasteiger charge is -2.42. The van der Waals surface area contributed by atoms with Gasteiger partial charge in [0.1, 0.15) is 5.69 Å². The number of hydrogen-bond acceptors (Lipinski definition) is 5. The van der Waals surface area contributed by atoms with Gasteiger partial charge in [-0.2, -0.15) is 5.26 Å².